The number of fused-ring (bicyclic) bond motifs is 3. The van der Waals surface area contributed by atoms with E-state index in [0.717, 1.165) is 10.7 Å². The molecule has 0 atom stereocenters. The molecule has 0 unspecified atom stereocenters. The number of alkyl halides is 3. The molecule has 1 aromatic heterocycles. The first kappa shape index (κ1) is 37.4. The van der Waals surface area contributed by atoms with Gasteiger partial charge in [0.05, 0.1) is 12.7 Å². The monoisotopic (exact) mass is 754 g/mol. The third kappa shape index (κ3) is 7.72. The average molecular weight is 754 g/mol. The van der Waals surface area contributed by atoms with Crippen LogP contribution >= 0.6 is 7.14 Å². The Labute approximate surface area is 291 Å². The number of rotatable bonds is 4. The molecule has 5 nitrogen and oxygen atoms in total. The normalized spacial score (nSPS) is 12.6. The number of ketones is 1. The predicted molar refractivity (Wildman–Crippen MR) is 166 cm³/mol. The van der Waals surface area contributed by atoms with Crippen LogP contribution in [0, 0.1) is 55.3 Å². The van der Waals surface area contributed by atoms with Crippen LogP contribution in [0.5, 0.6) is 5.75 Å². The van der Waals surface area contributed by atoms with Gasteiger partial charge in [-0.3, -0.25) is 14.2 Å². The van der Waals surface area contributed by atoms with E-state index < -0.39 is 36.0 Å². The Morgan fingerprint density at radius 1 is 0.860 bits per heavy atom. The van der Waals surface area contributed by atoms with Gasteiger partial charge in [0.1, 0.15) is 11.3 Å². The van der Waals surface area contributed by atoms with Gasteiger partial charge in [-0.1, -0.05) is 104 Å². The second-order valence-corrected chi connectivity index (χ2v) is 17.4. The number of hydrogen-bond donors (Lipinski definition) is 1. The molecule has 43 heavy (non-hydrogen) atoms. The van der Waals surface area contributed by atoms with Crippen LogP contribution in [0.4, 0.5) is 13.2 Å². The predicted octanol–water partition coefficient (Wildman–Crippen LogP) is 9.20. The van der Waals surface area contributed by atoms with E-state index in [9.17, 15) is 32.4 Å². The number of nitrogens with zero attached hydrogens (tertiary/aromatic N) is 1. The molecule has 4 aromatic rings. The van der Waals surface area contributed by atoms with E-state index in [0.29, 0.717) is 16.7 Å². The van der Waals surface area contributed by atoms with Gasteiger partial charge in [0.2, 0.25) is 0 Å². The van der Waals surface area contributed by atoms with Crippen molar-refractivity contribution in [2.24, 2.45) is 5.92 Å². The number of benzene rings is 3. The second-order valence-electron chi connectivity index (χ2n) is 12.9. The third-order valence-corrected chi connectivity index (χ3v) is 12.9. The molecule has 0 aliphatic heterocycles. The fourth-order valence-electron chi connectivity index (χ4n) is 5.39. The summed E-state index contributed by atoms with van der Waals surface area (Å²) in [5, 5.41) is 11.5. The SMILES string of the molecule is CC(C)CP(=O)(C(C)(C)C)C(C)(C)C.O=C(c1c(O)c2c3ccccc3ccc2n(-c2ccccc2)c1=O)C(F)(F)F.[Eu]. The van der Waals surface area contributed by atoms with Crippen molar-refractivity contribution in [2.75, 3.05) is 6.16 Å². The number of halogens is 3. The second kappa shape index (κ2) is 13.7. The van der Waals surface area contributed by atoms with Crippen LogP contribution in [-0.2, 0) is 4.57 Å². The summed E-state index contributed by atoms with van der Waals surface area (Å²) >= 11 is 0. The van der Waals surface area contributed by atoms with E-state index in [1.807, 2.05) is 0 Å². The van der Waals surface area contributed by atoms with Crippen LogP contribution < -0.4 is 5.56 Å². The minimum atomic E-state index is -5.30. The van der Waals surface area contributed by atoms with Gasteiger partial charge >= 0.3 is 6.18 Å². The van der Waals surface area contributed by atoms with Crippen molar-refractivity contribution in [1.82, 2.24) is 4.57 Å². The molecule has 233 valence electrons. The Morgan fingerprint density at radius 3 is 1.84 bits per heavy atom. The van der Waals surface area contributed by atoms with Gasteiger partial charge in [-0.25, -0.2) is 0 Å². The van der Waals surface area contributed by atoms with Crippen LogP contribution in [0.1, 0.15) is 65.7 Å². The molecule has 3 aromatic carbocycles. The van der Waals surface area contributed by atoms with Crippen LogP contribution in [0.15, 0.2) is 71.5 Å². The number of para-hydroxylation sites is 1. The number of carbonyl (C=O) groups is 1. The molecular formula is C33H39EuF3NO4P. The summed E-state index contributed by atoms with van der Waals surface area (Å²) in [5.74, 6) is -2.83. The summed E-state index contributed by atoms with van der Waals surface area (Å²) in [6, 6.07) is 18.0. The number of pyridine rings is 1. The Morgan fingerprint density at radius 2 is 1.37 bits per heavy atom. The smallest absolute Gasteiger partial charge is 0.455 e. The van der Waals surface area contributed by atoms with Gasteiger partial charge in [-0.05, 0) is 34.9 Å². The summed E-state index contributed by atoms with van der Waals surface area (Å²) < 4.78 is 53.5. The molecule has 1 heterocycles. The molecule has 1 N–H and O–H groups in total. The van der Waals surface area contributed by atoms with Crippen LogP contribution in [-0.4, -0.2) is 38.1 Å². The van der Waals surface area contributed by atoms with E-state index in [-0.39, 0.29) is 76.3 Å². The third-order valence-electron chi connectivity index (χ3n) is 7.33. The summed E-state index contributed by atoms with van der Waals surface area (Å²) in [6.45, 7) is 17.0. The Hall–Kier alpha value is -1.80. The fraction of sp³-hybridized carbons (Fsp3) is 0.394. The zero-order valence-corrected chi connectivity index (χ0v) is 29.0. The molecule has 4 rings (SSSR count). The molecule has 0 amide bonds. The van der Waals surface area contributed by atoms with E-state index in [1.165, 1.54) is 18.2 Å². The number of aromatic hydroxyl groups is 1. The van der Waals surface area contributed by atoms with Crippen molar-refractivity contribution in [1.29, 1.82) is 0 Å². The summed E-state index contributed by atoms with van der Waals surface area (Å²) in [7, 11) is -2.14. The molecular weight excluding hydrogens is 714 g/mol. The summed E-state index contributed by atoms with van der Waals surface area (Å²) in [4.78, 5) is 24.9. The first-order chi connectivity index (χ1) is 19.2. The quantitative estimate of drug-likeness (QED) is 0.128. The van der Waals surface area contributed by atoms with E-state index in [2.05, 4.69) is 55.4 Å². The van der Waals surface area contributed by atoms with Crippen molar-refractivity contribution in [3.05, 3.63) is 82.6 Å². The van der Waals surface area contributed by atoms with Gasteiger partial charge in [0, 0.05) is 76.9 Å². The van der Waals surface area contributed by atoms with E-state index in [1.54, 1.807) is 48.5 Å². The van der Waals surface area contributed by atoms with Crippen LogP contribution in [0.3, 0.4) is 0 Å². The largest absolute Gasteiger partial charge is 0.506 e. The van der Waals surface area contributed by atoms with Crippen LogP contribution in [0.2, 0.25) is 0 Å². The zero-order valence-electron chi connectivity index (χ0n) is 25.7. The van der Waals surface area contributed by atoms with E-state index >= 15 is 0 Å². The van der Waals surface area contributed by atoms with Gasteiger partial charge in [-0.2, -0.15) is 13.2 Å². The maximum absolute atomic E-state index is 13.1. The molecule has 0 aliphatic carbocycles. The molecule has 0 bridgehead atoms. The zero-order chi connectivity index (χ0) is 31.8. The summed E-state index contributed by atoms with van der Waals surface area (Å²) in [6.07, 6.45) is -4.44. The first-order valence-electron chi connectivity index (χ1n) is 13.8. The molecule has 0 fully saturated rings. The number of aromatic nitrogens is 1. The summed E-state index contributed by atoms with van der Waals surface area (Å²) in [5.41, 5.74) is -2.04. The maximum atomic E-state index is 13.1. The molecule has 0 saturated carbocycles. The number of carbonyl (C=O) groups excluding carboxylic acids is 1. The van der Waals surface area contributed by atoms with Crippen molar-refractivity contribution >= 4 is 34.6 Å². The van der Waals surface area contributed by atoms with Crippen LogP contribution in [0.25, 0.3) is 27.4 Å². The average Bonchev–Trinajstić information content (AvgIpc) is 2.87. The van der Waals surface area contributed by atoms with E-state index in [4.69, 9.17) is 0 Å². The molecule has 0 spiro atoms. The van der Waals surface area contributed by atoms with Gasteiger partial charge < -0.3 is 9.67 Å². The Bertz CT molecular complexity index is 1700. The van der Waals surface area contributed by atoms with Crippen molar-refractivity contribution in [2.45, 2.75) is 71.9 Å². The Balaban J connectivity index is 0.000000369. The maximum Gasteiger partial charge on any atom is 0.455 e. The fourth-order valence-corrected chi connectivity index (χ4v) is 9.53. The number of hydrogen-bond acceptors (Lipinski definition) is 4. The minimum absolute atomic E-state index is 0. The van der Waals surface area contributed by atoms with Crippen molar-refractivity contribution in [3.8, 4) is 11.4 Å². The standard InChI is InChI=1S/C21H12F3NO3.C12H27OP.Eu/c22-21(23,24)19(27)17-18(26)16-14-9-5-4-6-12(14)10-11-15(16)25(20(17)28)13-7-2-1-3-8-13;1-10(2)9-14(13,11(3,4)5)12(6,7)8;/h1-11,26H;10H,9H2,1-8H3;. The van der Waals surface area contributed by atoms with Gasteiger partial charge in [0.15, 0.2) is 0 Å². The molecule has 0 saturated heterocycles. The van der Waals surface area contributed by atoms with Crippen molar-refractivity contribution in [3.63, 3.8) is 0 Å². The molecule has 0 aliphatic rings. The van der Waals surface area contributed by atoms with Crippen molar-refractivity contribution < 1.29 is 77.0 Å². The van der Waals surface area contributed by atoms with Gasteiger partial charge in [0.25, 0.3) is 11.3 Å². The minimum Gasteiger partial charge on any atom is -0.506 e. The first-order valence-corrected chi connectivity index (χ1v) is 15.7. The topological polar surface area (TPSA) is 76.4 Å². The molecule has 10 heteroatoms. The number of Topliss-reactive ketones (excluding diaryl/α,β-unsaturated/α-hetero) is 1. The Kier molecular flexibility index (Phi) is 11.9. The molecule has 1 radical (unpaired) electrons. The van der Waals surface area contributed by atoms with Gasteiger partial charge in [-0.15, -0.1) is 0 Å².